The van der Waals surface area contributed by atoms with Crippen molar-refractivity contribution < 1.29 is 9.18 Å². The number of amides is 1. The van der Waals surface area contributed by atoms with Gasteiger partial charge < -0.3 is 4.90 Å². The molecule has 2 unspecified atom stereocenters. The Morgan fingerprint density at radius 2 is 2.09 bits per heavy atom. The molecule has 1 saturated heterocycles. The highest BCUT2D eigenvalue weighted by molar-refractivity contribution is 5.82. The van der Waals surface area contributed by atoms with Gasteiger partial charge in [0.25, 0.3) is 0 Å². The van der Waals surface area contributed by atoms with Gasteiger partial charge in [-0.05, 0) is 35.7 Å². The van der Waals surface area contributed by atoms with E-state index in [1.54, 1.807) is 36.5 Å². The number of aromatic nitrogens is 1. The molecule has 120 valence electrons. The van der Waals surface area contributed by atoms with E-state index in [4.69, 9.17) is 0 Å². The van der Waals surface area contributed by atoms with Gasteiger partial charge in [-0.15, -0.1) is 0 Å². The highest BCUT2D eigenvalue weighted by Gasteiger charge is 2.31. The lowest BCUT2D eigenvalue weighted by Gasteiger charge is -2.20. The van der Waals surface area contributed by atoms with Crippen LogP contribution >= 0.6 is 0 Å². The van der Waals surface area contributed by atoms with E-state index < -0.39 is 0 Å². The maximum atomic E-state index is 13.0. The third-order valence-corrected chi connectivity index (χ3v) is 3.99. The smallest absolute Gasteiger partial charge is 0.241 e. The summed E-state index contributed by atoms with van der Waals surface area (Å²) in [5, 5.41) is 0. The molecule has 23 heavy (non-hydrogen) atoms. The zero-order valence-corrected chi connectivity index (χ0v) is 12.9. The number of hydrogen-bond acceptors (Lipinski definition) is 4. The molecule has 1 aliphatic rings. The number of pyridine rings is 1. The second-order valence-corrected chi connectivity index (χ2v) is 5.74. The van der Waals surface area contributed by atoms with Crippen LogP contribution in [-0.2, 0) is 11.3 Å². The van der Waals surface area contributed by atoms with Crippen LogP contribution in [-0.4, -0.2) is 28.9 Å². The summed E-state index contributed by atoms with van der Waals surface area (Å²) in [6, 6.07) is 9.83. The predicted octanol–water partition coefficient (Wildman–Crippen LogP) is 1.79. The predicted molar refractivity (Wildman–Crippen MR) is 84.5 cm³/mol. The van der Waals surface area contributed by atoms with Crippen molar-refractivity contribution in [2.24, 2.45) is 0 Å². The number of hydrogen-bond donors (Lipinski definition) is 2. The minimum Gasteiger partial charge on any atom is -0.340 e. The van der Waals surface area contributed by atoms with E-state index in [1.165, 1.54) is 12.1 Å². The molecule has 1 fully saturated rings. The Labute approximate surface area is 134 Å². The van der Waals surface area contributed by atoms with Gasteiger partial charge in [-0.1, -0.05) is 18.2 Å². The van der Waals surface area contributed by atoms with Gasteiger partial charge in [-0.3, -0.25) is 9.78 Å². The van der Waals surface area contributed by atoms with Crippen molar-refractivity contribution in [2.45, 2.75) is 25.0 Å². The summed E-state index contributed by atoms with van der Waals surface area (Å²) >= 11 is 0. The summed E-state index contributed by atoms with van der Waals surface area (Å²) in [7, 11) is 1.78. The molecule has 0 spiro atoms. The van der Waals surface area contributed by atoms with Crippen LogP contribution in [0.15, 0.2) is 48.8 Å². The second-order valence-electron chi connectivity index (χ2n) is 5.74. The summed E-state index contributed by atoms with van der Waals surface area (Å²) in [6.45, 7) is 0.520. The lowest BCUT2D eigenvalue weighted by molar-refractivity contribution is -0.132. The van der Waals surface area contributed by atoms with Crippen LogP contribution in [0.3, 0.4) is 0 Å². The third kappa shape index (κ3) is 3.72. The highest BCUT2D eigenvalue weighted by atomic mass is 19.1. The molecule has 0 bridgehead atoms. The van der Waals surface area contributed by atoms with Crippen molar-refractivity contribution in [1.29, 1.82) is 0 Å². The van der Waals surface area contributed by atoms with Crippen LogP contribution in [0.2, 0.25) is 0 Å². The Kier molecular flexibility index (Phi) is 4.64. The first-order chi connectivity index (χ1) is 11.1. The quantitative estimate of drug-likeness (QED) is 0.903. The lowest BCUT2D eigenvalue weighted by Crippen LogP contribution is -2.43. The number of nitrogens with one attached hydrogen (secondary N) is 2. The average Bonchev–Trinajstić information content (AvgIpc) is 3.05. The maximum Gasteiger partial charge on any atom is 0.241 e. The summed E-state index contributed by atoms with van der Waals surface area (Å²) in [5.41, 5.74) is 8.10. The molecule has 0 aliphatic carbocycles. The van der Waals surface area contributed by atoms with Crippen molar-refractivity contribution in [2.75, 3.05) is 7.05 Å². The number of likely N-dealkylation sites (N-methyl/N-ethyl adjacent to an activating group) is 1. The Morgan fingerprint density at radius 1 is 1.30 bits per heavy atom. The fourth-order valence-electron chi connectivity index (χ4n) is 2.74. The molecular weight excluding hydrogens is 295 g/mol. The van der Waals surface area contributed by atoms with Crippen molar-refractivity contribution in [3.8, 4) is 0 Å². The Bertz CT molecular complexity index is 662. The molecule has 0 radical (unpaired) electrons. The minimum atomic E-state index is -0.299. The molecule has 1 amide bonds. The topological polar surface area (TPSA) is 57.3 Å². The first-order valence-corrected chi connectivity index (χ1v) is 7.54. The summed E-state index contributed by atoms with van der Waals surface area (Å²) in [4.78, 5) is 18.3. The van der Waals surface area contributed by atoms with Gasteiger partial charge in [0, 0.05) is 32.0 Å². The number of benzene rings is 1. The van der Waals surface area contributed by atoms with E-state index in [-0.39, 0.29) is 23.8 Å². The van der Waals surface area contributed by atoms with E-state index in [9.17, 15) is 9.18 Å². The van der Waals surface area contributed by atoms with Crippen LogP contribution < -0.4 is 10.9 Å². The molecule has 0 saturated carbocycles. The largest absolute Gasteiger partial charge is 0.340 e. The molecular formula is C17H19FN4O. The van der Waals surface area contributed by atoms with Crippen molar-refractivity contribution >= 4 is 5.91 Å². The Morgan fingerprint density at radius 3 is 2.78 bits per heavy atom. The summed E-state index contributed by atoms with van der Waals surface area (Å²) in [6.07, 6.45) is 4.09. The van der Waals surface area contributed by atoms with Gasteiger partial charge in [0.1, 0.15) is 11.9 Å². The Hall–Kier alpha value is -2.31. The van der Waals surface area contributed by atoms with Crippen LogP contribution in [0.4, 0.5) is 4.39 Å². The number of carbonyl (C=O) groups excluding carboxylic acids is 1. The van der Waals surface area contributed by atoms with Gasteiger partial charge in [0.2, 0.25) is 5.91 Å². The molecule has 2 aromatic rings. The van der Waals surface area contributed by atoms with Crippen LogP contribution in [0.25, 0.3) is 0 Å². The molecule has 3 rings (SSSR count). The van der Waals surface area contributed by atoms with Gasteiger partial charge in [0.05, 0.1) is 0 Å². The third-order valence-electron chi connectivity index (χ3n) is 3.99. The number of halogens is 1. The molecule has 1 aromatic heterocycles. The zero-order valence-electron chi connectivity index (χ0n) is 12.9. The number of nitrogens with zero attached hydrogens (tertiary/aromatic N) is 2. The maximum absolute atomic E-state index is 13.0. The van der Waals surface area contributed by atoms with E-state index in [0.29, 0.717) is 13.0 Å². The molecule has 5 nitrogen and oxygen atoms in total. The van der Waals surface area contributed by atoms with Gasteiger partial charge in [0.15, 0.2) is 0 Å². The van der Waals surface area contributed by atoms with Crippen LogP contribution in [0.1, 0.15) is 23.6 Å². The molecule has 2 heterocycles. The van der Waals surface area contributed by atoms with E-state index >= 15 is 0 Å². The van der Waals surface area contributed by atoms with Crippen LogP contribution in [0.5, 0.6) is 0 Å². The average molecular weight is 314 g/mol. The fourth-order valence-corrected chi connectivity index (χ4v) is 2.74. The fraction of sp³-hybridized carbons (Fsp3) is 0.294. The molecule has 1 aromatic carbocycles. The van der Waals surface area contributed by atoms with E-state index in [1.807, 2.05) is 12.1 Å². The minimum absolute atomic E-state index is 0.00339. The standard InChI is InChI=1S/C17H19FN4O/c1-22(11-12-3-2-8-19-10-12)17(23)16-9-15(20-21-16)13-4-6-14(18)7-5-13/h2-8,10,15-16,20-21H,9,11H2,1H3. The number of carbonyl (C=O) groups is 1. The molecule has 1 aliphatic heterocycles. The number of hydrazine groups is 1. The SMILES string of the molecule is CN(Cc1cccnc1)C(=O)C1CC(c2ccc(F)cc2)NN1. The second kappa shape index (κ2) is 6.85. The first-order valence-electron chi connectivity index (χ1n) is 7.54. The summed E-state index contributed by atoms with van der Waals surface area (Å²) in [5.74, 6) is -0.241. The normalized spacial score (nSPS) is 20.4. The lowest BCUT2D eigenvalue weighted by atomic mass is 10.0. The van der Waals surface area contributed by atoms with Gasteiger partial charge in [-0.25, -0.2) is 15.2 Å². The first kappa shape index (κ1) is 15.6. The number of rotatable bonds is 4. The van der Waals surface area contributed by atoms with Crippen molar-refractivity contribution in [1.82, 2.24) is 20.7 Å². The zero-order chi connectivity index (χ0) is 16.2. The van der Waals surface area contributed by atoms with Gasteiger partial charge >= 0.3 is 0 Å². The monoisotopic (exact) mass is 314 g/mol. The summed E-state index contributed by atoms with van der Waals surface area (Å²) < 4.78 is 13.0. The van der Waals surface area contributed by atoms with Crippen LogP contribution in [0, 0.1) is 5.82 Å². The molecule has 2 N–H and O–H groups in total. The van der Waals surface area contributed by atoms with Crippen molar-refractivity contribution in [3.05, 3.63) is 65.7 Å². The highest BCUT2D eigenvalue weighted by Crippen LogP contribution is 2.23. The molecule has 2 atom stereocenters. The van der Waals surface area contributed by atoms with E-state index in [2.05, 4.69) is 15.8 Å². The Balaban J connectivity index is 1.59. The van der Waals surface area contributed by atoms with Crippen molar-refractivity contribution in [3.63, 3.8) is 0 Å². The molecule has 6 heteroatoms. The van der Waals surface area contributed by atoms with E-state index in [0.717, 1.165) is 11.1 Å². The van der Waals surface area contributed by atoms with Gasteiger partial charge in [-0.2, -0.15) is 0 Å².